The lowest BCUT2D eigenvalue weighted by Gasteiger charge is -2.30. The number of hydrogen-bond acceptors (Lipinski definition) is 4. The molecule has 0 fully saturated rings. The van der Waals surface area contributed by atoms with Crippen LogP contribution in [0.15, 0.2) is 421 Å². The van der Waals surface area contributed by atoms with Gasteiger partial charge >= 0.3 is 0 Å². The molecule has 0 N–H and O–H groups in total. The molecule has 0 bridgehead atoms. The van der Waals surface area contributed by atoms with Crippen LogP contribution in [0.2, 0.25) is 0 Å². The van der Waals surface area contributed by atoms with Crippen molar-refractivity contribution < 1.29 is 8.83 Å². The number of nitrogens with zero attached hydrogens (tertiary/aromatic N) is 2. The normalized spacial score (nSPS) is 13.0. The van der Waals surface area contributed by atoms with Gasteiger partial charge in [-0.1, -0.05) is 337 Å². The topological polar surface area (TPSA) is 32.8 Å². The van der Waals surface area contributed by atoms with Gasteiger partial charge in [-0.05, 0) is 257 Å². The van der Waals surface area contributed by atoms with E-state index in [0.29, 0.717) is 0 Å². The summed E-state index contributed by atoms with van der Waals surface area (Å²) in [4.78, 5) is 4.94. The van der Waals surface area contributed by atoms with Crippen molar-refractivity contribution in [2.24, 2.45) is 0 Å². The van der Waals surface area contributed by atoms with Crippen LogP contribution in [0.4, 0.5) is 34.1 Å². The third-order valence-corrected chi connectivity index (χ3v) is 26.7. The number of benzene rings is 20. The summed E-state index contributed by atoms with van der Waals surface area (Å²) in [6.07, 6.45) is 0. The Morgan fingerprint density at radius 1 is 0.180 bits per heavy atom. The van der Waals surface area contributed by atoms with E-state index in [0.717, 1.165) is 117 Å². The van der Waals surface area contributed by atoms with E-state index in [-0.39, 0.29) is 10.8 Å². The van der Waals surface area contributed by atoms with Gasteiger partial charge < -0.3 is 18.6 Å². The second-order valence-corrected chi connectivity index (χ2v) is 34.2. The second kappa shape index (κ2) is 27.6. The van der Waals surface area contributed by atoms with Crippen molar-refractivity contribution >= 4 is 121 Å². The van der Waals surface area contributed by atoms with Gasteiger partial charge in [-0.15, -0.1) is 0 Å². The molecule has 0 aliphatic heterocycles. The van der Waals surface area contributed by atoms with Crippen molar-refractivity contribution in [3.63, 3.8) is 0 Å². The molecule has 2 heterocycles. The molecule has 0 amide bonds. The molecule has 2 aliphatic carbocycles. The average molecular weight is 1560 g/mol. The zero-order chi connectivity index (χ0) is 81.1. The number of anilines is 6. The predicted octanol–water partition coefficient (Wildman–Crippen LogP) is 33.3. The Morgan fingerprint density at radius 3 is 1.16 bits per heavy atom. The maximum atomic E-state index is 7.16. The lowest BCUT2D eigenvalue weighted by atomic mass is 9.81. The van der Waals surface area contributed by atoms with Gasteiger partial charge in [0.2, 0.25) is 0 Å². The van der Waals surface area contributed by atoms with E-state index >= 15 is 0 Å². The molecule has 0 unspecified atom stereocenters. The number of rotatable bonds is 13. The fourth-order valence-electron chi connectivity index (χ4n) is 20.5. The van der Waals surface area contributed by atoms with Crippen molar-refractivity contribution in [1.82, 2.24) is 0 Å². The molecular weight excluding hydrogens is 1480 g/mol. The van der Waals surface area contributed by atoms with Gasteiger partial charge in [-0.2, -0.15) is 0 Å². The van der Waals surface area contributed by atoms with E-state index in [4.69, 9.17) is 8.83 Å². The summed E-state index contributed by atoms with van der Waals surface area (Å²) in [5.41, 5.74) is 35.0. The number of furan rings is 2. The van der Waals surface area contributed by atoms with Gasteiger partial charge in [0.1, 0.15) is 16.7 Å². The molecule has 24 rings (SSSR count). The molecule has 22 aromatic rings. The summed E-state index contributed by atoms with van der Waals surface area (Å²) in [6, 6.07) is 153. The molecular formula is C118H80N2O2. The van der Waals surface area contributed by atoms with Crippen LogP contribution in [-0.4, -0.2) is 0 Å². The van der Waals surface area contributed by atoms with Crippen molar-refractivity contribution in [2.75, 3.05) is 9.80 Å². The zero-order valence-electron chi connectivity index (χ0n) is 68.0. The molecule has 0 saturated carbocycles. The minimum atomic E-state index is -0.381. The van der Waals surface area contributed by atoms with E-state index in [9.17, 15) is 0 Å². The van der Waals surface area contributed by atoms with Crippen molar-refractivity contribution in [2.45, 2.75) is 38.5 Å². The van der Waals surface area contributed by atoms with E-state index in [1.165, 1.54) is 127 Å². The van der Waals surface area contributed by atoms with Crippen LogP contribution >= 0.6 is 0 Å². The van der Waals surface area contributed by atoms with E-state index in [1.807, 2.05) is 0 Å². The van der Waals surface area contributed by atoms with Crippen molar-refractivity contribution in [3.8, 4) is 100 Å². The third-order valence-electron chi connectivity index (χ3n) is 26.7. The van der Waals surface area contributed by atoms with Gasteiger partial charge in [0.05, 0.1) is 17.1 Å². The van der Waals surface area contributed by atoms with E-state index in [2.05, 4.69) is 450 Å². The summed E-state index contributed by atoms with van der Waals surface area (Å²) < 4.78 is 14.3. The highest BCUT2D eigenvalue weighted by atomic mass is 16.3. The van der Waals surface area contributed by atoms with E-state index < -0.39 is 0 Å². The smallest absolute Gasteiger partial charge is 0.159 e. The summed E-state index contributed by atoms with van der Waals surface area (Å²) in [5.74, 6) is 0. The zero-order valence-corrected chi connectivity index (χ0v) is 68.0. The van der Waals surface area contributed by atoms with Gasteiger partial charge in [-0.25, -0.2) is 0 Å². The first-order valence-corrected chi connectivity index (χ1v) is 42.4. The quantitative estimate of drug-likeness (QED) is 0.108. The van der Waals surface area contributed by atoms with Crippen LogP contribution in [0.3, 0.4) is 0 Å². The lowest BCUT2D eigenvalue weighted by molar-refractivity contribution is 0.660. The number of fused-ring (bicyclic) bond motifs is 18. The molecule has 20 aromatic carbocycles. The van der Waals surface area contributed by atoms with Crippen LogP contribution < -0.4 is 9.80 Å². The Morgan fingerprint density at radius 2 is 0.566 bits per heavy atom. The van der Waals surface area contributed by atoms with Gasteiger partial charge in [-0.3, -0.25) is 0 Å². The van der Waals surface area contributed by atoms with E-state index in [1.54, 1.807) is 0 Å². The molecule has 4 nitrogen and oxygen atoms in total. The van der Waals surface area contributed by atoms with Gasteiger partial charge in [0, 0.05) is 60.6 Å². The molecule has 0 spiro atoms. The van der Waals surface area contributed by atoms with Crippen molar-refractivity contribution in [1.29, 1.82) is 0 Å². The Kier molecular flexibility index (Phi) is 16.0. The molecule has 0 saturated heterocycles. The van der Waals surface area contributed by atoms with Crippen molar-refractivity contribution in [3.05, 3.63) is 435 Å². The fraction of sp³-hybridized carbons (Fsp3) is 0.0508. The first-order chi connectivity index (χ1) is 60.0. The largest absolute Gasteiger partial charge is 0.456 e. The highest BCUT2D eigenvalue weighted by Crippen LogP contribution is 2.57. The molecule has 0 atom stereocenters. The van der Waals surface area contributed by atoms with Crippen LogP contribution in [-0.2, 0) is 10.8 Å². The molecule has 2 aromatic heterocycles. The Balaban J connectivity index is 0.647. The Hall–Kier alpha value is -15.4. The fourth-order valence-corrected chi connectivity index (χ4v) is 20.5. The highest BCUT2D eigenvalue weighted by molar-refractivity contribution is 6.17. The minimum absolute atomic E-state index is 0.339. The van der Waals surface area contributed by atoms with Crippen LogP contribution in [0.25, 0.3) is 187 Å². The summed E-state index contributed by atoms with van der Waals surface area (Å²) >= 11 is 0. The van der Waals surface area contributed by atoms with Crippen LogP contribution in [0.1, 0.15) is 49.9 Å². The number of para-hydroxylation sites is 3. The first kappa shape index (κ1) is 70.8. The summed E-state index contributed by atoms with van der Waals surface area (Å²) in [5, 5.41) is 14.3. The molecule has 574 valence electrons. The van der Waals surface area contributed by atoms with Crippen LogP contribution in [0, 0.1) is 0 Å². The average Bonchev–Trinajstić information content (AvgIpc) is 1.58. The maximum absolute atomic E-state index is 7.16. The van der Waals surface area contributed by atoms with Crippen LogP contribution in [0.5, 0.6) is 0 Å². The third kappa shape index (κ3) is 11.3. The monoisotopic (exact) mass is 1560 g/mol. The number of hydrogen-bond donors (Lipinski definition) is 0. The van der Waals surface area contributed by atoms with Gasteiger partial charge in [0.25, 0.3) is 0 Å². The van der Waals surface area contributed by atoms with Gasteiger partial charge in [0.15, 0.2) is 5.58 Å². The standard InChI is InChI=1S/C118H80N2O2/c1-117(2)106-66-83(103-64-81-28-11-13-30-88(81)92-33-15-17-35-94(92)103)52-58-96(106)98-61-54-86(71-108(98)117)119(110-39-21-19-32-90(110)77-46-42-75(43-47-77)73-24-7-5-8-25-73)85-56-63-114-105(70-85)101-60-51-80(69-115(101)121-114)79-50-57-91(78-48-44-76(45-49-78)74-26-9-6-10-27-74)112(68-79)120(111-40-23-38-102-100-37-20-22-41-113(100)122-116(102)111)87-55-62-99-97-59-53-84(67-107(97)118(3,4)109(99)72-87)104-65-82-29-12-14-31-89(82)93-34-16-18-36-95(93)104/h5-72H,1-4H3. The Bertz CT molecular complexity index is 8060. The maximum Gasteiger partial charge on any atom is 0.159 e. The summed E-state index contributed by atoms with van der Waals surface area (Å²) in [6.45, 7) is 9.62. The molecule has 122 heavy (non-hydrogen) atoms. The predicted molar refractivity (Wildman–Crippen MR) is 514 cm³/mol. The summed E-state index contributed by atoms with van der Waals surface area (Å²) in [7, 11) is 0. The molecule has 4 heteroatoms. The second-order valence-electron chi connectivity index (χ2n) is 34.2. The lowest BCUT2D eigenvalue weighted by Crippen LogP contribution is -2.17. The molecule has 2 aliphatic rings. The highest BCUT2D eigenvalue weighted by Gasteiger charge is 2.39. The SMILES string of the molecule is CC1(C)c2cc(-c3cc4ccccc4c4ccccc34)ccc2-c2ccc(N(c3ccc4oc5cc(-c6ccc(-c7ccc(-c8ccccc8)cc7)c(N(c7ccc8c(c7)C(C)(C)c7cc(-c9cc%10ccccc%10c%10ccccc9%10)ccc7-8)c7cccc8c7oc7ccccc78)c6)ccc5c4c3)c3ccccc3-c3ccc(-c4ccccc4)cc3)cc21. The Labute approximate surface area is 708 Å². The molecule has 0 radical (unpaired) electrons. The minimum Gasteiger partial charge on any atom is -0.456 e. The first-order valence-electron chi connectivity index (χ1n) is 42.4.